The Balaban J connectivity index is 0.838. The Bertz CT molecular complexity index is 2130. The number of nitrogens with one attached hydrogen (secondary N) is 1. The number of nitrogens with zero attached hydrogens (tertiary/aromatic N) is 6. The molecule has 1 saturated carbocycles. The van der Waals surface area contributed by atoms with Gasteiger partial charge in [-0.2, -0.15) is 0 Å². The zero-order chi connectivity index (χ0) is 45.8. The number of piperidine rings is 3. The molecule has 0 radical (unpaired) electrons. The van der Waals surface area contributed by atoms with Crippen molar-refractivity contribution in [2.45, 2.75) is 105 Å². The van der Waals surface area contributed by atoms with E-state index in [9.17, 15) is 22.4 Å². The van der Waals surface area contributed by atoms with Crippen molar-refractivity contribution in [3.8, 4) is 0 Å². The van der Waals surface area contributed by atoms with Gasteiger partial charge in [0.25, 0.3) is 0 Å². The number of hydrogen-bond donors (Lipinski definition) is 1. The van der Waals surface area contributed by atoms with Crippen LogP contribution in [-0.2, 0) is 31.3 Å². The lowest BCUT2D eigenvalue weighted by Gasteiger charge is -2.53. The molecular formula is C51H73F2N7O5S. The van der Waals surface area contributed by atoms with E-state index in [4.69, 9.17) is 4.74 Å². The summed E-state index contributed by atoms with van der Waals surface area (Å²) in [6.45, 7) is 11.8. The van der Waals surface area contributed by atoms with E-state index in [-0.39, 0.29) is 42.2 Å². The van der Waals surface area contributed by atoms with Crippen molar-refractivity contribution in [1.82, 2.24) is 29.8 Å². The molecule has 6 aliphatic heterocycles. The van der Waals surface area contributed by atoms with Crippen molar-refractivity contribution >= 4 is 27.5 Å². The maximum absolute atomic E-state index is 15.3. The Labute approximate surface area is 391 Å². The first-order valence-electron chi connectivity index (χ1n) is 25.2. The summed E-state index contributed by atoms with van der Waals surface area (Å²) in [6, 6.07) is 13.0. The van der Waals surface area contributed by atoms with Crippen molar-refractivity contribution in [1.29, 1.82) is 0 Å². The maximum atomic E-state index is 15.3. The van der Waals surface area contributed by atoms with Crippen LogP contribution in [0.4, 0.5) is 19.3 Å². The van der Waals surface area contributed by atoms with Crippen molar-refractivity contribution in [2.24, 2.45) is 17.8 Å². The number of rotatable bonds is 16. The number of amides is 2. The molecule has 2 aromatic carbocycles. The first-order chi connectivity index (χ1) is 32.0. The molecule has 1 N–H and O–H groups in total. The van der Waals surface area contributed by atoms with E-state index in [2.05, 4.69) is 31.0 Å². The van der Waals surface area contributed by atoms with E-state index >= 15 is 4.39 Å². The summed E-state index contributed by atoms with van der Waals surface area (Å²) in [6.07, 6.45) is 14.3. The molecule has 12 nitrogen and oxygen atoms in total. The molecule has 3 atom stereocenters. The van der Waals surface area contributed by atoms with Gasteiger partial charge < -0.3 is 29.7 Å². The molecule has 0 unspecified atom stereocenters. The van der Waals surface area contributed by atoms with Crippen molar-refractivity contribution in [3.63, 3.8) is 0 Å². The molecule has 6 saturated heterocycles. The summed E-state index contributed by atoms with van der Waals surface area (Å²) in [5.74, 6) is 0.602. The van der Waals surface area contributed by atoms with Gasteiger partial charge in [-0.1, -0.05) is 37.5 Å². The van der Waals surface area contributed by atoms with Gasteiger partial charge in [-0.15, -0.1) is 0 Å². The number of benzene rings is 2. The number of ether oxygens (including phenoxy) is 1. The van der Waals surface area contributed by atoms with Crippen LogP contribution in [0, 0.1) is 23.6 Å². The molecule has 66 heavy (non-hydrogen) atoms. The molecule has 0 spiro atoms. The van der Waals surface area contributed by atoms with Crippen LogP contribution >= 0.6 is 0 Å². The number of halogens is 2. The number of alkyl carbamates (subject to hydrolysis) is 1. The second-order valence-corrected chi connectivity index (χ2v) is 23.0. The van der Waals surface area contributed by atoms with Crippen LogP contribution in [0.3, 0.4) is 0 Å². The Morgan fingerprint density at radius 3 is 2.20 bits per heavy atom. The minimum absolute atomic E-state index is 0.0356. The van der Waals surface area contributed by atoms with Crippen molar-refractivity contribution in [3.05, 3.63) is 71.6 Å². The van der Waals surface area contributed by atoms with Crippen LogP contribution in [0.2, 0.25) is 0 Å². The molecular weight excluding hydrogens is 861 g/mol. The number of anilines is 1. The normalized spacial score (nSPS) is 25.9. The van der Waals surface area contributed by atoms with Crippen LogP contribution in [0.5, 0.6) is 0 Å². The highest BCUT2D eigenvalue weighted by Crippen LogP contribution is 2.51. The molecule has 2 aromatic rings. The Morgan fingerprint density at radius 2 is 1.52 bits per heavy atom. The number of carbonyl (C=O) groups excluding carboxylic acids is 2. The minimum Gasteiger partial charge on any atom is -0.453 e. The summed E-state index contributed by atoms with van der Waals surface area (Å²) in [5, 5.41) is 2.56. The van der Waals surface area contributed by atoms with Crippen LogP contribution in [-0.4, -0.2) is 168 Å². The number of sulfone groups is 1. The average molecular weight is 934 g/mol. The van der Waals surface area contributed by atoms with E-state index in [1.54, 1.807) is 29.2 Å². The first-order valence-corrected chi connectivity index (χ1v) is 26.7. The Morgan fingerprint density at radius 1 is 0.803 bits per heavy atom. The second kappa shape index (κ2) is 20.9. The predicted octanol–water partition coefficient (Wildman–Crippen LogP) is 6.10. The Kier molecular flexibility index (Phi) is 15.0. The fourth-order valence-corrected chi connectivity index (χ4v) is 14.6. The highest BCUT2D eigenvalue weighted by molar-refractivity contribution is 7.92. The third-order valence-corrected chi connectivity index (χ3v) is 18.6. The van der Waals surface area contributed by atoms with Crippen LogP contribution in [0.15, 0.2) is 59.5 Å². The molecule has 7 aliphatic rings. The van der Waals surface area contributed by atoms with Gasteiger partial charge in [0.2, 0.25) is 5.91 Å². The van der Waals surface area contributed by atoms with Gasteiger partial charge in [-0.25, -0.2) is 22.0 Å². The monoisotopic (exact) mass is 934 g/mol. The van der Waals surface area contributed by atoms with Crippen LogP contribution in [0.25, 0.3) is 0 Å². The SMILES string of the molecule is COC(=O)N[C@H]1CCC[C@@H]1[C@](CN1CCCCC1)(c1cccc(F)c1)C1CCN(CC2CN(c3ccc(S(=O)(=O)C4CN(C(=O)/C=C/CN5CCCCC5)C4)c(CN4CC(F)C4)c3)C2)CC1. The lowest BCUT2D eigenvalue weighted by Crippen LogP contribution is -2.59. The van der Waals surface area contributed by atoms with Gasteiger partial charge in [0.05, 0.1) is 12.0 Å². The molecule has 15 heteroatoms. The number of carbonyl (C=O) groups is 2. The standard InChI is InChI=1S/C51H73F2N7O5S/c1-65-50(62)54-47-14-9-13-46(47)51(37-57-22-6-3-7-23-57,41-11-8-12-42(52)28-41)40-18-25-56(26-19-40)29-38-30-59(31-38)44-16-17-48(39(27-44)32-58-33-43(53)34-58)66(63,64)45-35-60(36-45)49(61)15-10-24-55-20-4-2-5-21-55/h8,10-12,15-17,27-28,38,40,43,45-47H,2-7,9,13-14,18-26,29-37H2,1H3,(H,54,62)/b15-10+/t46-,47-,51-/m0/s1. The largest absolute Gasteiger partial charge is 0.453 e. The van der Waals surface area contributed by atoms with Gasteiger partial charge >= 0.3 is 6.09 Å². The highest BCUT2D eigenvalue weighted by Gasteiger charge is 2.53. The summed E-state index contributed by atoms with van der Waals surface area (Å²) >= 11 is 0. The summed E-state index contributed by atoms with van der Waals surface area (Å²) < 4.78 is 62.6. The highest BCUT2D eigenvalue weighted by atomic mass is 32.2. The minimum atomic E-state index is -3.72. The molecule has 362 valence electrons. The Hall–Kier alpha value is -3.63. The molecule has 0 aromatic heterocycles. The second-order valence-electron chi connectivity index (χ2n) is 20.8. The van der Waals surface area contributed by atoms with E-state index in [0.717, 1.165) is 115 Å². The van der Waals surface area contributed by atoms with Crippen LogP contribution in [0.1, 0.15) is 81.8 Å². The lowest BCUT2D eigenvalue weighted by molar-refractivity contribution is -0.129. The maximum Gasteiger partial charge on any atom is 0.407 e. The molecule has 0 bridgehead atoms. The smallest absolute Gasteiger partial charge is 0.407 e. The molecule has 1 aliphatic carbocycles. The van der Waals surface area contributed by atoms with Crippen molar-refractivity contribution in [2.75, 3.05) is 110 Å². The van der Waals surface area contributed by atoms with E-state index in [1.807, 2.05) is 29.2 Å². The summed E-state index contributed by atoms with van der Waals surface area (Å²) in [5.41, 5.74) is 2.44. The number of alkyl halides is 1. The topological polar surface area (TPSA) is 109 Å². The molecule has 7 fully saturated rings. The summed E-state index contributed by atoms with van der Waals surface area (Å²) in [4.78, 5) is 39.4. The number of hydrogen-bond acceptors (Lipinski definition) is 10. The fraction of sp³-hybridized carbons (Fsp3) is 0.686. The molecule has 2 amide bonds. The first kappa shape index (κ1) is 47.4. The average Bonchev–Trinajstić information content (AvgIpc) is 3.74. The number of likely N-dealkylation sites (tertiary alicyclic amines) is 5. The van der Waals surface area contributed by atoms with Gasteiger partial charge in [-0.05, 0) is 144 Å². The third kappa shape index (κ3) is 10.5. The van der Waals surface area contributed by atoms with Gasteiger partial charge in [0, 0.05) is 94.6 Å². The summed E-state index contributed by atoms with van der Waals surface area (Å²) in [7, 11) is -2.29. The zero-order valence-electron chi connectivity index (χ0n) is 39.1. The van der Waals surface area contributed by atoms with Gasteiger partial charge in [0.15, 0.2) is 9.84 Å². The molecule has 9 rings (SSSR count). The fourth-order valence-electron chi connectivity index (χ4n) is 12.8. The van der Waals surface area contributed by atoms with E-state index < -0.39 is 27.4 Å². The van der Waals surface area contributed by atoms with E-state index in [1.165, 1.54) is 45.6 Å². The van der Waals surface area contributed by atoms with Gasteiger partial charge in [-0.3, -0.25) is 14.6 Å². The quantitative estimate of drug-likeness (QED) is 0.199. The van der Waals surface area contributed by atoms with E-state index in [0.29, 0.717) is 41.9 Å². The number of methoxy groups -OCH3 is 1. The zero-order valence-corrected chi connectivity index (χ0v) is 40.0. The van der Waals surface area contributed by atoms with Crippen molar-refractivity contribution < 1.29 is 31.5 Å². The van der Waals surface area contributed by atoms with Gasteiger partial charge in [0.1, 0.15) is 17.2 Å². The predicted molar refractivity (Wildman–Crippen MR) is 254 cm³/mol. The van der Waals surface area contributed by atoms with Crippen LogP contribution < -0.4 is 10.2 Å². The lowest BCUT2D eigenvalue weighted by atomic mass is 9.58. The third-order valence-electron chi connectivity index (χ3n) is 16.4. The molecule has 6 heterocycles.